The molecule has 0 saturated carbocycles. The Labute approximate surface area is 138 Å². The van der Waals surface area contributed by atoms with Gasteiger partial charge in [0.1, 0.15) is 11.4 Å². The van der Waals surface area contributed by atoms with E-state index in [4.69, 9.17) is 4.74 Å². The maximum absolute atomic E-state index is 13.4. The summed E-state index contributed by atoms with van der Waals surface area (Å²) in [6, 6.07) is 6.34. The van der Waals surface area contributed by atoms with Crippen molar-refractivity contribution in [3.8, 4) is 0 Å². The van der Waals surface area contributed by atoms with Crippen LogP contribution in [0, 0.1) is 11.2 Å². The minimum atomic E-state index is -0.570. The Morgan fingerprint density at radius 1 is 1.35 bits per heavy atom. The molecule has 0 aliphatic heterocycles. The van der Waals surface area contributed by atoms with Crippen LogP contribution in [0.1, 0.15) is 46.1 Å². The zero-order valence-corrected chi connectivity index (χ0v) is 14.5. The summed E-state index contributed by atoms with van der Waals surface area (Å²) < 4.78 is 18.6. The van der Waals surface area contributed by atoms with E-state index in [9.17, 15) is 14.3 Å². The Hall–Kier alpha value is -1.62. The molecule has 130 valence electrons. The van der Waals surface area contributed by atoms with E-state index in [1.807, 2.05) is 13.0 Å². The summed E-state index contributed by atoms with van der Waals surface area (Å²) in [6.45, 7) is 7.60. The third-order valence-corrected chi connectivity index (χ3v) is 3.59. The lowest BCUT2D eigenvalue weighted by Crippen LogP contribution is -2.43. The number of aliphatic hydroxyl groups is 1. The maximum Gasteiger partial charge on any atom is 0.407 e. The van der Waals surface area contributed by atoms with Gasteiger partial charge in [-0.25, -0.2) is 9.18 Å². The summed E-state index contributed by atoms with van der Waals surface area (Å²) >= 11 is 0. The molecule has 0 aromatic heterocycles. The van der Waals surface area contributed by atoms with Crippen LogP contribution < -0.4 is 5.32 Å². The lowest BCUT2D eigenvalue weighted by molar-refractivity contribution is 0.0455. The average Bonchev–Trinajstić information content (AvgIpc) is 2.43. The largest absolute Gasteiger partial charge is 0.444 e. The first-order valence-corrected chi connectivity index (χ1v) is 8.02. The number of amides is 1. The van der Waals surface area contributed by atoms with Crippen LogP contribution in [-0.2, 0) is 11.2 Å². The monoisotopic (exact) mass is 325 g/mol. The minimum Gasteiger partial charge on any atom is -0.444 e. The van der Waals surface area contributed by atoms with Crippen molar-refractivity contribution in [1.82, 2.24) is 5.32 Å². The van der Waals surface area contributed by atoms with Crippen LogP contribution in [0.3, 0.4) is 0 Å². The summed E-state index contributed by atoms with van der Waals surface area (Å²) in [7, 11) is 0. The molecule has 0 radical (unpaired) electrons. The van der Waals surface area contributed by atoms with E-state index in [0.717, 1.165) is 18.4 Å². The predicted octanol–water partition coefficient (Wildman–Crippen LogP) is 3.67. The van der Waals surface area contributed by atoms with Crippen LogP contribution in [0.2, 0.25) is 0 Å². The Balaban J connectivity index is 2.79. The van der Waals surface area contributed by atoms with Crippen LogP contribution in [0.15, 0.2) is 24.3 Å². The van der Waals surface area contributed by atoms with Crippen molar-refractivity contribution in [2.24, 2.45) is 5.41 Å². The molecule has 0 aliphatic carbocycles. The van der Waals surface area contributed by atoms with Crippen LogP contribution in [-0.4, -0.2) is 30.0 Å². The molecule has 1 atom stereocenters. The van der Waals surface area contributed by atoms with Crippen molar-refractivity contribution in [3.63, 3.8) is 0 Å². The number of aliphatic hydroxyl groups excluding tert-OH is 1. The Morgan fingerprint density at radius 2 is 2.04 bits per heavy atom. The topological polar surface area (TPSA) is 58.6 Å². The number of halogens is 1. The van der Waals surface area contributed by atoms with Crippen LogP contribution in [0.5, 0.6) is 0 Å². The van der Waals surface area contributed by atoms with E-state index < -0.39 is 17.1 Å². The van der Waals surface area contributed by atoms with Gasteiger partial charge in [0.25, 0.3) is 0 Å². The molecule has 0 bridgehead atoms. The molecular weight excluding hydrogens is 297 g/mol. The third-order valence-electron chi connectivity index (χ3n) is 3.59. The molecule has 0 spiro atoms. The van der Waals surface area contributed by atoms with Gasteiger partial charge in [0.05, 0.1) is 6.61 Å². The van der Waals surface area contributed by atoms with Crippen molar-refractivity contribution >= 4 is 6.09 Å². The fourth-order valence-corrected chi connectivity index (χ4v) is 2.61. The molecule has 0 heterocycles. The molecule has 2 N–H and O–H groups in total. The number of carbonyl (C=O) groups excluding carboxylic acids is 1. The highest BCUT2D eigenvalue weighted by Gasteiger charge is 2.30. The standard InChI is InChI=1S/C18H28FNO3/c1-5-9-18(13-21,11-14-7-6-8-15(19)10-14)12-20-16(22)23-17(2,3)4/h6-8,10,21H,5,9,11-13H2,1-4H3,(H,20,22). The number of hydrogen-bond acceptors (Lipinski definition) is 3. The quantitative estimate of drug-likeness (QED) is 0.804. The molecule has 1 aromatic rings. The zero-order valence-electron chi connectivity index (χ0n) is 14.5. The first-order chi connectivity index (χ1) is 10.7. The summed E-state index contributed by atoms with van der Waals surface area (Å²) in [5.41, 5.74) is -0.294. The smallest absolute Gasteiger partial charge is 0.407 e. The summed E-state index contributed by atoms with van der Waals surface area (Å²) in [4.78, 5) is 11.9. The third kappa shape index (κ3) is 6.99. The van der Waals surface area contributed by atoms with Gasteiger partial charge in [-0.05, 0) is 51.3 Å². The molecule has 1 rings (SSSR count). The zero-order chi connectivity index (χ0) is 17.5. The lowest BCUT2D eigenvalue weighted by atomic mass is 9.78. The Kier molecular flexibility index (Phi) is 7.01. The van der Waals surface area contributed by atoms with Gasteiger partial charge in [0.2, 0.25) is 0 Å². The SMILES string of the molecule is CCCC(CO)(CNC(=O)OC(C)(C)C)Cc1cccc(F)c1. The number of benzene rings is 1. The fraction of sp³-hybridized carbons (Fsp3) is 0.611. The molecular formula is C18H28FNO3. The van der Waals surface area contributed by atoms with Gasteiger partial charge in [-0.1, -0.05) is 25.5 Å². The van der Waals surface area contributed by atoms with Crippen LogP contribution in [0.25, 0.3) is 0 Å². The van der Waals surface area contributed by atoms with Gasteiger partial charge in [-0.3, -0.25) is 0 Å². The molecule has 1 unspecified atom stereocenters. The van der Waals surface area contributed by atoms with Crippen molar-refractivity contribution in [3.05, 3.63) is 35.6 Å². The fourth-order valence-electron chi connectivity index (χ4n) is 2.61. The number of rotatable bonds is 7. The van der Waals surface area contributed by atoms with Gasteiger partial charge in [-0.2, -0.15) is 0 Å². The van der Waals surface area contributed by atoms with E-state index in [0.29, 0.717) is 6.42 Å². The van der Waals surface area contributed by atoms with Crippen LogP contribution in [0.4, 0.5) is 9.18 Å². The molecule has 4 nitrogen and oxygen atoms in total. The molecule has 0 aliphatic rings. The Morgan fingerprint density at radius 3 is 2.57 bits per heavy atom. The van der Waals surface area contributed by atoms with E-state index >= 15 is 0 Å². The van der Waals surface area contributed by atoms with E-state index in [2.05, 4.69) is 5.32 Å². The second kappa shape index (κ2) is 8.29. The number of alkyl carbamates (subject to hydrolysis) is 1. The summed E-state index contributed by atoms with van der Waals surface area (Å²) in [5, 5.41) is 12.6. The van der Waals surface area contributed by atoms with Gasteiger partial charge in [0.15, 0.2) is 0 Å². The van der Waals surface area contributed by atoms with Crippen molar-refractivity contribution in [2.75, 3.05) is 13.2 Å². The normalized spacial score (nSPS) is 14.2. The molecule has 5 heteroatoms. The predicted molar refractivity (Wildman–Crippen MR) is 88.8 cm³/mol. The number of nitrogens with one attached hydrogen (secondary N) is 1. The van der Waals surface area contributed by atoms with Gasteiger partial charge in [-0.15, -0.1) is 0 Å². The maximum atomic E-state index is 13.4. The highest BCUT2D eigenvalue weighted by molar-refractivity contribution is 5.67. The van der Waals surface area contributed by atoms with E-state index in [1.165, 1.54) is 12.1 Å². The van der Waals surface area contributed by atoms with E-state index in [1.54, 1.807) is 26.8 Å². The van der Waals surface area contributed by atoms with Crippen molar-refractivity contribution in [2.45, 2.75) is 52.6 Å². The first kappa shape index (κ1) is 19.4. The van der Waals surface area contributed by atoms with Gasteiger partial charge in [0, 0.05) is 12.0 Å². The highest BCUT2D eigenvalue weighted by atomic mass is 19.1. The number of ether oxygens (including phenoxy) is 1. The second-order valence-corrected chi connectivity index (χ2v) is 7.07. The molecule has 0 fully saturated rings. The number of carbonyl (C=O) groups is 1. The van der Waals surface area contributed by atoms with Crippen molar-refractivity contribution in [1.29, 1.82) is 0 Å². The Bertz CT molecular complexity index is 513. The lowest BCUT2D eigenvalue weighted by Gasteiger charge is -2.32. The molecule has 1 aromatic carbocycles. The highest BCUT2D eigenvalue weighted by Crippen LogP contribution is 2.28. The minimum absolute atomic E-state index is 0.0901. The van der Waals surface area contributed by atoms with Crippen molar-refractivity contribution < 1.29 is 19.0 Å². The summed E-state index contributed by atoms with van der Waals surface area (Å²) in [5.74, 6) is -0.300. The van der Waals surface area contributed by atoms with Crippen LogP contribution >= 0.6 is 0 Å². The average molecular weight is 325 g/mol. The molecule has 1 amide bonds. The van der Waals surface area contributed by atoms with E-state index in [-0.39, 0.29) is 19.0 Å². The van der Waals surface area contributed by atoms with Gasteiger partial charge >= 0.3 is 6.09 Å². The molecule has 0 saturated heterocycles. The van der Waals surface area contributed by atoms with Gasteiger partial charge < -0.3 is 15.2 Å². The molecule has 23 heavy (non-hydrogen) atoms. The number of hydrogen-bond donors (Lipinski definition) is 2. The second-order valence-electron chi connectivity index (χ2n) is 7.07. The summed E-state index contributed by atoms with van der Waals surface area (Å²) in [6.07, 6.45) is 1.55. The first-order valence-electron chi connectivity index (χ1n) is 8.02.